The zero-order valence-electron chi connectivity index (χ0n) is 7.62. The Kier molecular flexibility index (Phi) is 3.24. The molecule has 1 aliphatic rings. The minimum atomic E-state index is -1.69. The summed E-state index contributed by atoms with van der Waals surface area (Å²) in [5, 5.41) is 20.9. The molecule has 0 aromatic rings. The van der Waals surface area contributed by atoms with E-state index in [1.54, 1.807) is 0 Å². The van der Waals surface area contributed by atoms with Crippen molar-refractivity contribution in [3.05, 3.63) is 0 Å². The number of carboxylic acids is 1. The maximum atomic E-state index is 10.5. The van der Waals surface area contributed by atoms with Gasteiger partial charge in [-0.25, -0.2) is 4.79 Å². The highest BCUT2D eigenvalue weighted by atomic mass is 16.5. The smallest absolute Gasteiger partial charge is 0.336 e. The summed E-state index contributed by atoms with van der Waals surface area (Å²) >= 11 is 0. The first-order chi connectivity index (χ1) is 6.02. The van der Waals surface area contributed by atoms with Crippen molar-refractivity contribution in [2.45, 2.75) is 25.0 Å². The molecule has 1 aliphatic heterocycles. The first-order valence-electron chi connectivity index (χ1n) is 4.29. The van der Waals surface area contributed by atoms with E-state index in [-0.39, 0.29) is 12.6 Å². The number of carboxylic acid groups (broad SMARTS) is 1. The Bertz CT molecular complexity index is 187. The highest BCUT2D eigenvalue weighted by Gasteiger charge is 2.30. The van der Waals surface area contributed by atoms with Gasteiger partial charge in [0.1, 0.15) is 0 Å². The van der Waals surface area contributed by atoms with Crippen LogP contribution in [0.3, 0.4) is 0 Å². The number of nitrogens with one attached hydrogen (secondary N) is 1. The van der Waals surface area contributed by atoms with Gasteiger partial charge in [0, 0.05) is 19.2 Å². The number of rotatable bonds is 4. The average molecular weight is 189 g/mol. The van der Waals surface area contributed by atoms with Crippen LogP contribution in [-0.4, -0.2) is 47.6 Å². The van der Waals surface area contributed by atoms with Crippen LogP contribution in [0, 0.1) is 0 Å². The molecule has 1 rings (SSSR count). The summed E-state index contributed by atoms with van der Waals surface area (Å²) in [6, 6.07) is 0.172. The van der Waals surface area contributed by atoms with Crippen LogP contribution < -0.4 is 5.32 Å². The number of aliphatic carboxylic acids is 1. The maximum absolute atomic E-state index is 10.5. The molecule has 2 atom stereocenters. The van der Waals surface area contributed by atoms with Crippen LogP contribution in [0.5, 0.6) is 0 Å². The van der Waals surface area contributed by atoms with Crippen molar-refractivity contribution in [1.82, 2.24) is 5.32 Å². The Morgan fingerprint density at radius 3 is 2.92 bits per heavy atom. The van der Waals surface area contributed by atoms with Crippen LogP contribution >= 0.6 is 0 Å². The Morgan fingerprint density at radius 1 is 1.77 bits per heavy atom. The summed E-state index contributed by atoms with van der Waals surface area (Å²) in [5.74, 6) is -1.21. The first-order valence-corrected chi connectivity index (χ1v) is 4.29. The summed E-state index contributed by atoms with van der Waals surface area (Å²) in [6.45, 7) is 2.62. The van der Waals surface area contributed by atoms with Gasteiger partial charge in [-0.2, -0.15) is 0 Å². The fraction of sp³-hybridized carbons (Fsp3) is 0.875. The molecular formula is C8H15NO4. The Morgan fingerprint density at radius 2 is 2.46 bits per heavy atom. The summed E-state index contributed by atoms with van der Waals surface area (Å²) < 4.78 is 5.09. The predicted molar refractivity (Wildman–Crippen MR) is 45.5 cm³/mol. The van der Waals surface area contributed by atoms with E-state index in [0.29, 0.717) is 13.2 Å². The molecule has 3 N–H and O–H groups in total. The molecule has 2 unspecified atom stereocenters. The van der Waals surface area contributed by atoms with E-state index >= 15 is 0 Å². The molecule has 0 radical (unpaired) electrons. The zero-order chi connectivity index (χ0) is 9.90. The van der Waals surface area contributed by atoms with Crippen molar-refractivity contribution in [3.63, 3.8) is 0 Å². The van der Waals surface area contributed by atoms with E-state index in [4.69, 9.17) is 9.84 Å². The molecule has 0 aromatic heterocycles. The molecule has 0 spiro atoms. The van der Waals surface area contributed by atoms with Crippen LogP contribution in [0.25, 0.3) is 0 Å². The molecule has 1 fully saturated rings. The van der Waals surface area contributed by atoms with Crippen molar-refractivity contribution in [2.24, 2.45) is 0 Å². The van der Waals surface area contributed by atoms with Gasteiger partial charge in [0.2, 0.25) is 0 Å². The Balaban J connectivity index is 2.28. The molecule has 5 heteroatoms. The molecule has 1 heterocycles. The largest absolute Gasteiger partial charge is 0.479 e. The summed E-state index contributed by atoms with van der Waals surface area (Å²) in [5.41, 5.74) is -1.69. The number of hydrogen-bond acceptors (Lipinski definition) is 4. The molecule has 0 bridgehead atoms. The Hall–Kier alpha value is -0.650. The van der Waals surface area contributed by atoms with Crippen LogP contribution in [0.4, 0.5) is 0 Å². The lowest BCUT2D eigenvalue weighted by Crippen LogP contribution is -2.47. The van der Waals surface area contributed by atoms with E-state index in [1.807, 2.05) is 0 Å². The molecule has 0 saturated carbocycles. The van der Waals surface area contributed by atoms with Crippen molar-refractivity contribution in [2.75, 3.05) is 19.8 Å². The third kappa shape index (κ3) is 2.95. The molecule has 0 amide bonds. The van der Waals surface area contributed by atoms with Gasteiger partial charge in [-0.05, 0) is 13.3 Å². The minimum Gasteiger partial charge on any atom is -0.479 e. The van der Waals surface area contributed by atoms with Gasteiger partial charge in [-0.1, -0.05) is 0 Å². The SMILES string of the molecule is CC(O)(CNC1CCOC1)C(=O)O. The molecule has 76 valence electrons. The molecule has 0 aromatic carbocycles. The monoisotopic (exact) mass is 189 g/mol. The van der Waals surface area contributed by atoms with E-state index in [0.717, 1.165) is 6.42 Å². The van der Waals surface area contributed by atoms with Crippen LogP contribution in [0.1, 0.15) is 13.3 Å². The molecular weight excluding hydrogens is 174 g/mol. The van der Waals surface area contributed by atoms with Crippen LogP contribution in [0.15, 0.2) is 0 Å². The van der Waals surface area contributed by atoms with Gasteiger partial charge >= 0.3 is 5.97 Å². The number of carbonyl (C=O) groups is 1. The summed E-state index contributed by atoms with van der Waals surface area (Å²) in [6.07, 6.45) is 0.871. The van der Waals surface area contributed by atoms with Gasteiger partial charge in [-0.15, -0.1) is 0 Å². The van der Waals surface area contributed by atoms with Crippen LogP contribution in [0.2, 0.25) is 0 Å². The fourth-order valence-corrected chi connectivity index (χ4v) is 1.11. The third-order valence-corrected chi connectivity index (χ3v) is 2.13. The van der Waals surface area contributed by atoms with Crippen molar-refractivity contribution in [1.29, 1.82) is 0 Å². The topological polar surface area (TPSA) is 78.8 Å². The van der Waals surface area contributed by atoms with Crippen molar-refractivity contribution in [3.8, 4) is 0 Å². The fourth-order valence-electron chi connectivity index (χ4n) is 1.11. The lowest BCUT2D eigenvalue weighted by Gasteiger charge is -2.20. The van der Waals surface area contributed by atoms with Gasteiger partial charge in [0.25, 0.3) is 0 Å². The molecule has 5 nitrogen and oxygen atoms in total. The Labute approximate surface area is 76.7 Å². The van der Waals surface area contributed by atoms with Crippen molar-refractivity contribution >= 4 is 5.97 Å². The van der Waals surface area contributed by atoms with Gasteiger partial charge < -0.3 is 20.3 Å². The van der Waals surface area contributed by atoms with Gasteiger partial charge in [-0.3, -0.25) is 0 Å². The van der Waals surface area contributed by atoms with E-state index in [1.165, 1.54) is 6.92 Å². The zero-order valence-corrected chi connectivity index (χ0v) is 7.62. The van der Waals surface area contributed by atoms with E-state index in [9.17, 15) is 9.90 Å². The van der Waals surface area contributed by atoms with E-state index < -0.39 is 11.6 Å². The van der Waals surface area contributed by atoms with Crippen molar-refractivity contribution < 1.29 is 19.7 Å². The highest BCUT2D eigenvalue weighted by molar-refractivity contribution is 5.76. The highest BCUT2D eigenvalue weighted by Crippen LogP contribution is 2.06. The second-order valence-electron chi connectivity index (χ2n) is 3.52. The second kappa shape index (κ2) is 4.04. The second-order valence-corrected chi connectivity index (χ2v) is 3.52. The number of ether oxygens (including phenoxy) is 1. The molecule has 13 heavy (non-hydrogen) atoms. The van der Waals surface area contributed by atoms with Gasteiger partial charge in [0.15, 0.2) is 5.60 Å². The number of hydrogen-bond donors (Lipinski definition) is 3. The average Bonchev–Trinajstić information content (AvgIpc) is 2.52. The molecule has 0 aliphatic carbocycles. The lowest BCUT2D eigenvalue weighted by atomic mass is 10.1. The number of aliphatic hydroxyl groups is 1. The predicted octanol–water partition coefficient (Wildman–Crippen LogP) is -0.799. The normalized spacial score (nSPS) is 27.1. The first kappa shape index (κ1) is 10.4. The molecule has 1 saturated heterocycles. The summed E-state index contributed by atoms with van der Waals surface area (Å²) in [4.78, 5) is 10.5. The summed E-state index contributed by atoms with van der Waals surface area (Å²) in [7, 11) is 0. The quantitative estimate of drug-likeness (QED) is 0.539. The third-order valence-electron chi connectivity index (χ3n) is 2.13. The standard InChI is InChI=1S/C8H15NO4/c1-8(12,7(10)11)5-9-6-2-3-13-4-6/h6,9,12H,2-5H2,1H3,(H,10,11). The van der Waals surface area contributed by atoms with E-state index in [2.05, 4.69) is 5.32 Å². The lowest BCUT2D eigenvalue weighted by molar-refractivity contribution is -0.156. The van der Waals surface area contributed by atoms with Crippen LogP contribution in [-0.2, 0) is 9.53 Å². The maximum Gasteiger partial charge on any atom is 0.336 e. The van der Waals surface area contributed by atoms with Gasteiger partial charge in [0.05, 0.1) is 6.61 Å². The minimum absolute atomic E-state index is 0.0519.